The van der Waals surface area contributed by atoms with E-state index < -0.39 is 16.7 Å². The highest BCUT2D eigenvalue weighted by Gasteiger charge is 2.41. The van der Waals surface area contributed by atoms with Crippen molar-refractivity contribution in [2.24, 2.45) is 0 Å². The Balaban J connectivity index is 1.51. The fraction of sp³-hybridized carbons (Fsp3) is 0.364. The Morgan fingerprint density at radius 2 is 1.73 bits per heavy atom. The lowest BCUT2D eigenvalue weighted by atomic mass is 10.1. The van der Waals surface area contributed by atoms with E-state index in [1.165, 1.54) is 43.1 Å². The van der Waals surface area contributed by atoms with Crippen molar-refractivity contribution in [1.29, 1.82) is 0 Å². The molecule has 0 unspecified atom stereocenters. The molecular weight excluding hydrogens is 384 g/mol. The van der Waals surface area contributed by atoms with E-state index in [1.54, 1.807) is 0 Å². The van der Waals surface area contributed by atoms with E-state index in [0.29, 0.717) is 6.54 Å². The van der Waals surface area contributed by atoms with Gasteiger partial charge < -0.3 is 4.90 Å². The zero-order valence-corrected chi connectivity index (χ0v) is 16.9. The quantitative estimate of drug-likeness (QED) is 0.414. The van der Waals surface area contributed by atoms with Gasteiger partial charge in [-0.15, -0.1) is 0 Å². The average Bonchev–Trinajstić information content (AvgIpc) is 2.99. The van der Waals surface area contributed by atoms with Crippen molar-refractivity contribution in [3.63, 3.8) is 0 Å². The highest BCUT2D eigenvalue weighted by atomic mass is 16.6. The minimum Gasteiger partial charge on any atom is -0.371 e. The van der Waals surface area contributed by atoms with Crippen molar-refractivity contribution in [1.82, 2.24) is 9.80 Å². The lowest BCUT2D eigenvalue weighted by molar-refractivity contribution is -0.385. The van der Waals surface area contributed by atoms with Crippen molar-refractivity contribution < 1.29 is 14.5 Å². The van der Waals surface area contributed by atoms with E-state index in [0.717, 1.165) is 23.6 Å². The molecule has 2 aliphatic heterocycles. The number of benzene rings is 2. The number of nitrogens with zero attached hydrogens (tertiary/aromatic N) is 4. The maximum absolute atomic E-state index is 12.8. The Morgan fingerprint density at radius 1 is 1.00 bits per heavy atom. The molecule has 1 fully saturated rings. The van der Waals surface area contributed by atoms with E-state index in [1.807, 2.05) is 24.1 Å². The Morgan fingerprint density at radius 3 is 2.47 bits per heavy atom. The molecule has 8 heteroatoms. The van der Waals surface area contributed by atoms with Gasteiger partial charge in [0.15, 0.2) is 0 Å². The van der Waals surface area contributed by atoms with Gasteiger partial charge in [0.2, 0.25) is 0 Å². The Hall–Kier alpha value is -3.26. The number of rotatable bonds is 6. The zero-order valence-electron chi connectivity index (χ0n) is 16.9. The van der Waals surface area contributed by atoms with E-state index in [4.69, 9.17) is 0 Å². The van der Waals surface area contributed by atoms with Crippen LogP contribution in [0.25, 0.3) is 0 Å². The van der Waals surface area contributed by atoms with Crippen LogP contribution in [0.1, 0.15) is 45.5 Å². The molecule has 0 aliphatic carbocycles. The number of hydrogen-bond acceptors (Lipinski definition) is 6. The van der Waals surface area contributed by atoms with Crippen molar-refractivity contribution in [2.75, 3.05) is 31.7 Å². The van der Waals surface area contributed by atoms with Crippen molar-refractivity contribution in [3.05, 3.63) is 69.3 Å². The lowest BCUT2D eigenvalue weighted by Gasteiger charge is -2.32. The van der Waals surface area contributed by atoms with Crippen LogP contribution >= 0.6 is 0 Å². The van der Waals surface area contributed by atoms with Crippen LogP contribution in [0.4, 0.5) is 11.4 Å². The molecule has 2 heterocycles. The number of nitro groups is 1. The van der Waals surface area contributed by atoms with Crippen LogP contribution in [-0.2, 0) is 6.54 Å². The van der Waals surface area contributed by atoms with Gasteiger partial charge in [0.05, 0.1) is 17.2 Å². The van der Waals surface area contributed by atoms with Crippen molar-refractivity contribution >= 4 is 23.2 Å². The third-order valence-electron chi connectivity index (χ3n) is 5.69. The van der Waals surface area contributed by atoms with Gasteiger partial charge in [0, 0.05) is 31.4 Å². The summed E-state index contributed by atoms with van der Waals surface area (Å²) in [6, 6.07) is 12.3. The van der Waals surface area contributed by atoms with Gasteiger partial charge in [-0.05, 0) is 44.0 Å². The van der Waals surface area contributed by atoms with Crippen LogP contribution in [0.2, 0.25) is 0 Å². The molecule has 2 aromatic carbocycles. The molecule has 2 amide bonds. The number of carbonyl (C=O) groups is 2. The van der Waals surface area contributed by atoms with Gasteiger partial charge in [-0.2, -0.15) is 0 Å². The summed E-state index contributed by atoms with van der Waals surface area (Å²) in [6.45, 7) is 2.69. The first-order valence-electron chi connectivity index (χ1n) is 10.1. The van der Waals surface area contributed by atoms with Gasteiger partial charge >= 0.3 is 0 Å². The molecule has 156 valence electrons. The van der Waals surface area contributed by atoms with Gasteiger partial charge in [-0.25, -0.2) is 0 Å². The Bertz CT molecular complexity index is 1000. The molecule has 8 nitrogen and oxygen atoms in total. The Labute approximate surface area is 174 Å². The van der Waals surface area contributed by atoms with E-state index in [-0.39, 0.29) is 23.5 Å². The van der Waals surface area contributed by atoms with Crippen molar-refractivity contribution in [2.45, 2.75) is 25.8 Å². The number of carbonyl (C=O) groups excluding carboxylic acids is 2. The number of amides is 2. The highest BCUT2D eigenvalue weighted by Crippen LogP contribution is 2.31. The molecule has 0 radical (unpaired) electrons. The number of piperidine rings is 1. The summed E-state index contributed by atoms with van der Waals surface area (Å²) >= 11 is 0. The first-order chi connectivity index (χ1) is 14.5. The first kappa shape index (κ1) is 20.0. The topological polar surface area (TPSA) is 87.0 Å². The predicted octanol–water partition coefficient (Wildman–Crippen LogP) is 3.27. The van der Waals surface area contributed by atoms with Gasteiger partial charge in [0.25, 0.3) is 17.5 Å². The second-order valence-electron chi connectivity index (χ2n) is 7.83. The largest absolute Gasteiger partial charge is 0.371 e. The van der Waals surface area contributed by atoms with Crippen LogP contribution in [-0.4, -0.2) is 53.3 Å². The summed E-state index contributed by atoms with van der Waals surface area (Å²) < 4.78 is 0. The van der Waals surface area contributed by atoms with E-state index in [9.17, 15) is 19.7 Å². The molecule has 2 aliphatic rings. The summed E-state index contributed by atoms with van der Waals surface area (Å²) in [5, 5.41) is 11.3. The molecule has 0 atom stereocenters. The number of para-hydroxylation sites is 1. The summed E-state index contributed by atoms with van der Waals surface area (Å²) in [5.74, 6) is -1.10. The minimum absolute atomic E-state index is 0.0673. The number of nitro benzene ring substituents is 1. The molecule has 2 aromatic rings. The van der Waals surface area contributed by atoms with Crippen LogP contribution < -0.4 is 4.90 Å². The number of fused-ring (bicyclic) bond motifs is 1. The SMILES string of the molecule is CN(Cc1ccccc1N1CCCCC1)CN1C(=O)c2cccc([N+](=O)[O-])c2C1=O. The van der Waals surface area contributed by atoms with Crippen LogP contribution in [0.3, 0.4) is 0 Å². The van der Waals surface area contributed by atoms with Crippen LogP contribution in [0.5, 0.6) is 0 Å². The van der Waals surface area contributed by atoms with E-state index in [2.05, 4.69) is 17.0 Å². The summed E-state index contributed by atoms with van der Waals surface area (Å²) in [4.78, 5) is 41.5. The number of hydrogen-bond donors (Lipinski definition) is 0. The standard InChI is InChI=1S/C22H24N4O4/c1-23(14-16-8-3-4-10-18(16)24-12-5-2-6-13-24)15-25-21(27)17-9-7-11-19(26(29)30)20(17)22(25)28/h3-4,7-11H,2,5-6,12-15H2,1H3. The maximum Gasteiger partial charge on any atom is 0.282 e. The zero-order chi connectivity index (χ0) is 21.3. The molecule has 0 bridgehead atoms. The third kappa shape index (κ3) is 3.66. The lowest BCUT2D eigenvalue weighted by Crippen LogP contribution is -2.39. The van der Waals surface area contributed by atoms with Gasteiger partial charge in [-0.3, -0.25) is 29.5 Å². The molecule has 0 saturated carbocycles. The van der Waals surface area contributed by atoms with Gasteiger partial charge in [-0.1, -0.05) is 24.3 Å². The molecule has 0 N–H and O–H groups in total. The minimum atomic E-state index is -0.619. The normalized spacial score (nSPS) is 16.3. The van der Waals surface area contributed by atoms with Crippen LogP contribution in [0.15, 0.2) is 42.5 Å². The molecule has 4 rings (SSSR count). The Kier molecular flexibility index (Phi) is 5.50. The molecule has 30 heavy (non-hydrogen) atoms. The number of imide groups is 1. The first-order valence-corrected chi connectivity index (χ1v) is 10.1. The fourth-order valence-corrected chi connectivity index (χ4v) is 4.27. The van der Waals surface area contributed by atoms with E-state index >= 15 is 0 Å². The summed E-state index contributed by atoms with van der Waals surface area (Å²) in [5.41, 5.74) is 1.96. The average molecular weight is 408 g/mol. The van der Waals surface area contributed by atoms with Crippen molar-refractivity contribution in [3.8, 4) is 0 Å². The molecule has 1 saturated heterocycles. The second kappa shape index (κ2) is 8.23. The fourth-order valence-electron chi connectivity index (χ4n) is 4.27. The van der Waals surface area contributed by atoms with Gasteiger partial charge in [0.1, 0.15) is 5.56 Å². The predicted molar refractivity (Wildman–Crippen MR) is 112 cm³/mol. The molecule has 0 spiro atoms. The summed E-state index contributed by atoms with van der Waals surface area (Å²) in [7, 11) is 1.84. The molecular formula is C22H24N4O4. The third-order valence-corrected chi connectivity index (χ3v) is 5.69. The number of anilines is 1. The van der Waals surface area contributed by atoms with Crippen LogP contribution in [0, 0.1) is 10.1 Å². The smallest absolute Gasteiger partial charge is 0.282 e. The molecule has 0 aromatic heterocycles. The maximum atomic E-state index is 12.8. The monoisotopic (exact) mass is 408 g/mol. The summed E-state index contributed by atoms with van der Waals surface area (Å²) in [6.07, 6.45) is 3.61. The second-order valence-corrected chi connectivity index (χ2v) is 7.83. The highest BCUT2D eigenvalue weighted by molar-refractivity contribution is 6.23.